The Balaban J connectivity index is 1.48. The summed E-state index contributed by atoms with van der Waals surface area (Å²) in [6.07, 6.45) is 3.73. The lowest BCUT2D eigenvalue weighted by Crippen LogP contribution is -2.50. The number of benzene rings is 1. The molecule has 1 N–H and O–H groups in total. The third-order valence-electron chi connectivity index (χ3n) is 5.99. The number of hydrogen-bond donors (Lipinski definition) is 1. The van der Waals surface area contributed by atoms with E-state index in [9.17, 15) is 13.2 Å². The van der Waals surface area contributed by atoms with Crippen molar-refractivity contribution in [2.45, 2.75) is 43.5 Å². The molecular weight excluding hydrogens is 406 g/mol. The highest BCUT2D eigenvalue weighted by atomic mass is 32.2. The topological polar surface area (TPSA) is 88.2 Å². The number of hydrogen-bond acceptors (Lipinski definition) is 6. The first kappa shape index (κ1) is 22.8. The van der Waals surface area contributed by atoms with Crippen LogP contribution in [0, 0.1) is 5.92 Å². The summed E-state index contributed by atoms with van der Waals surface area (Å²) in [5.41, 5.74) is 0. The summed E-state index contributed by atoms with van der Waals surface area (Å²) >= 11 is 0. The zero-order chi connectivity index (χ0) is 21.6. The van der Waals surface area contributed by atoms with E-state index >= 15 is 0 Å². The zero-order valence-electron chi connectivity index (χ0n) is 17.9. The van der Waals surface area contributed by atoms with Crippen molar-refractivity contribution >= 4 is 16.1 Å². The summed E-state index contributed by atoms with van der Waals surface area (Å²) < 4.78 is 38.2. The van der Waals surface area contributed by atoms with Gasteiger partial charge >= 0.3 is 6.09 Å². The van der Waals surface area contributed by atoms with Gasteiger partial charge in [-0.1, -0.05) is 0 Å². The summed E-state index contributed by atoms with van der Waals surface area (Å²) in [6.45, 7) is 6.01. The molecule has 30 heavy (non-hydrogen) atoms. The second-order valence-electron chi connectivity index (χ2n) is 7.95. The van der Waals surface area contributed by atoms with Crippen molar-refractivity contribution in [1.29, 1.82) is 0 Å². The van der Waals surface area contributed by atoms with Crippen LogP contribution in [0.4, 0.5) is 4.79 Å². The van der Waals surface area contributed by atoms with Crippen molar-refractivity contribution < 1.29 is 22.7 Å². The van der Waals surface area contributed by atoms with Gasteiger partial charge in [0.15, 0.2) is 0 Å². The molecule has 8 nitrogen and oxygen atoms in total. The fraction of sp³-hybridized carbons (Fsp3) is 0.667. The molecular formula is C21H33N3O5S. The molecule has 0 bridgehead atoms. The molecule has 1 amide bonds. The van der Waals surface area contributed by atoms with Crippen LogP contribution in [0.1, 0.15) is 32.6 Å². The lowest BCUT2D eigenvalue weighted by Gasteiger charge is -2.42. The van der Waals surface area contributed by atoms with E-state index in [2.05, 4.69) is 9.62 Å². The Labute approximate surface area is 179 Å². The predicted octanol–water partition coefficient (Wildman–Crippen LogP) is 2.31. The minimum atomic E-state index is -3.53. The number of carbonyl (C=O) groups excluding carboxylic acids is 1. The Hall–Kier alpha value is -1.84. The summed E-state index contributed by atoms with van der Waals surface area (Å²) in [6, 6.07) is 6.87. The number of carbonyl (C=O) groups is 1. The van der Waals surface area contributed by atoms with E-state index in [1.54, 1.807) is 36.3 Å². The molecule has 0 aliphatic carbocycles. The van der Waals surface area contributed by atoms with E-state index in [1.807, 2.05) is 6.92 Å². The van der Waals surface area contributed by atoms with Crippen LogP contribution in [-0.2, 0) is 14.8 Å². The van der Waals surface area contributed by atoms with Crippen LogP contribution in [0.3, 0.4) is 0 Å². The Morgan fingerprint density at radius 2 is 1.83 bits per heavy atom. The van der Waals surface area contributed by atoms with Crippen molar-refractivity contribution in [3.8, 4) is 5.75 Å². The average Bonchev–Trinajstić information content (AvgIpc) is 2.78. The maximum Gasteiger partial charge on any atom is 0.409 e. The highest BCUT2D eigenvalue weighted by molar-refractivity contribution is 7.89. The number of sulfonamides is 1. The van der Waals surface area contributed by atoms with Gasteiger partial charge in [0.05, 0.1) is 18.6 Å². The monoisotopic (exact) mass is 439 g/mol. The van der Waals surface area contributed by atoms with Gasteiger partial charge in [0.25, 0.3) is 0 Å². The van der Waals surface area contributed by atoms with Crippen LogP contribution in [0.2, 0.25) is 0 Å². The molecule has 1 aromatic rings. The van der Waals surface area contributed by atoms with Gasteiger partial charge in [0.1, 0.15) is 5.75 Å². The lowest BCUT2D eigenvalue weighted by atomic mass is 9.94. The van der Waals surface area contributed by atoms with Crippen molar-refractivity contribution in [3.63, 3.8) is 0 Å². The number of rotatable bonds is 7. The fourth-order valence-corrected chi connectivity index (χ4v) is 5.41. The summed E-state index contributed by atoms with van der Waals surface area (Å²) in [7, 11) is -1.98. The molecule has 3 rings (SSSR count). The maximum absolute atomic E-state index is 12.6. The molecule has 2 fully saturated rings. The molecule has 1 atom stereocenters. The van der Waals surface area contributed by atoms with Gasteiger partial charge in [-0.2, -0.15) is 0 Å². The van der Waals surface area contributed by atoms with Crippen LogP contribution in [0.5, 0.6) is 5.75 Å². The number of nitrogens with one attached hydrogen (secondary N) is 1. The smallest absolute Gasteiger partial charge is 0.409 e. The second-order valence-corrected chi connectivity index (χ2v) is 9.71. The van der Waals surface area contributed by atoms with Crippen LogP contribution in [0.25, 0.3) is 0 Å². The standard InChI is InChI=1S/C21H33N3O5S/c1-3-29-21(25)23-13-10-18(11-14-23)24-12-4-5-17(16-24)15-22-30(26,27)20-8-6-19(28-2)7-9-20/h6-9,17-18,22H,3-5,10-16H2,1-2H3/t17-/m0/s1. The number of piperidine rings is 2. The molecule has 0 aromatic heterocycles. The molecule has 0 unspecified atom stereocenters. The lowest BCUT2D eigenvalue weighted by molar-refractivity contribution is 0.0584. The van der Waals surface area contributed by atoms with E-state index in [0.29, 0.717) is 24.9 Å². The first-order valence-electron chi connectivity index (χ1n) is 10.7. The number of methoxy groups -OCH3 is 1. The Morgan fingerprint density at radius 1 is 1.13 bits per heavy atom. The van der Waals surface area contributed by atoms with E-state index < -0.39 is 10.0 Å². The highest BCUT2D eigenvalue weighted by Crippen LogP contribution is 2.24. The molecule has 2 saturated heterocycles. The fourth-order valence-electron chi connectivity index (χ4n) is 4.29. The number of nitrogens with zero attached hydrogens (tertiary/aromatic N) is 2. The first-order chi connectivity index (χ1) is 14.4. The van der Waals surface area contributed by atoms with Crippen LogP contribution >= 0.6 is 0 Å². The van der Waals surface area contributed by atoms with Crippen molar-refractivity contribution in [3.05, 3.63) is 24.3 Å². The SMILES string of the molecule is CCOC(=O)N1CCC(N2CCC[C@@H](CNS(=O)(=O)c3ccc(OC)cc3)C2)CC1. The normalized spacial score (nSPS) is 21.4. The van der Waals surface area contributed by atoms with E-state index in [4.69, 9.17) is 9.47 Å². The first-order valence-corrected chi connectivity index (χ1v) is 12.2. The average molecular weight is 440 g/mol. The van der Waals surface area contributed by atoms with Gasteiger partial charge in [-0.3, -0.25) is 4.90 Å². The van der Waals surface area contributed by atoms with Gasteiger partial charge < -0.3 is 14.4 Å². The quantitative estimate of drug-likeness (QED) is 0.701. The van der Waals surface area contributed by atoms with Crippen molar-refractivity contribution in [2.75, 3.05) is 46.4 Å². The minimum Gasteiger partial charge on any atom is -0.497 e. The van der Waals surface area contributed by atoms with Gasteiger partial charge in [-0.25, -0.2) is 17.9 Å². The molecule has 2 aliphatic heterocycles. The van der Waals surface area contributed by atoms with E-state index in [-0.39, 0.29) is 16.9 Å². The second kappa shape index (κ2) is 10.5. The zero-order valence-corrected chi connectivity index (χ0v) is 18.7. The molecule has 168 valence electrons. The summed E-state index contributed by atoms with van der Waals surface area (Å²) in [5.74, 6) is 0.917. The number of amides is 1. The van der Waals surface area contributed by atoms with Crippen LogP contribution in [0.15, 0.2) is 29.2 Å². The molecule has 2 aliphatic rings. The Bertz CT molecular complexity index is 791. The molecule has 0 saturated carbocycles. The highest BCUT2D eigenvalue weighted by Gasteiger charge is 2.31. The predicted molar refractivity (Wildman–Crippen MR) is 114 cm³/mol. The van der Waals surface area contributed by atoms with Gasteiger partial charge in [0, 0.05) is 32.2 Å². The van der Waals surface area contributed by atoms with Gasteiger partial charge in [-0.15, -0.1) is 0 Å². The van der Waals surface area contributed by atoms with Gasteiger partial charge in [-0.05, 0) is 69.3 Å². The Morgan fingerprint density at radius 3 is 2.47 bits per heavy atom. The molecule has 9 heteroatoms. The molecule has 2 heterocycles. The van der Waals surface area contributed by atoms with Crippen LogP contribution < -0.4 is 9.46 Å². The Kier molecular flexibility index (Phi) is 7.96. The number of ether oxygens (including phenoxy) is 2. The number of likely N-dealkylation sites (tertiary alicyclic amines) is 2. The van der Waals surface area contributed by atoms with Gasteiger partial charge in [0.2, 0.25) is 10.0 Å². The van der Waals surface area contributed by atoms with Crippen molar-refractivity contribution in [1.82, 2.24) is 14.5 Å². The molecule has 1 aromatic carbocycles. The minimum absolute atomic E-state index is 0.222. The van der Waals surface area contributed by atoms with Crippen molar-refractivity contribution in [2.24, 2.45) is 5.92 Å². The van der Waals surface area contributed by atoms with Crippen LogP contribution in [-0.4, -0.2) is 76.8 Å². The summed E-state index contributed by atoms with van der Waals surface area (Å²) in [4.78, 5) is 16.4. The third-order valence-corrected chi connectivity index (χ3v) is 7.43. The van der Waals surface area contributed by atoms with E-state index in [1.165, 1.54) is 0 Å². The largest absolute Gasteiger partial charge is 0.497 e. The molecule has 0 radical (unpaired) electrons. The molecule has 0 spiro atoms. The maximum atomic E-state index is 12.6. The van der Waals surface area contributed by atoms with E-state index in [0.717, 1.165) is 51.9 Å². The summed E-state index contributed by atoms with van der Waals surface area (Å²) in [5, 5.41) is 0. The third kappa shape index (κ3) is 5.86.